The normalized spacial score (nSPS) is 20.3. The van der Waals surface area contributed by atoms with Gasteiger partial charge in [0.2, 0.25) is 0 Å². The molecule has 0 aliphatic carbocycles. The van der Waals surface area contributed by atoms with Gasteiger partial charge in [-0.15, -0.1) is 0 Å². The summed E-state index contributed by atoms with van der Waals surface area (Å²) in [7, 11) is 0. The van der Waals surface area contributed by atoms with Crippen LogP contribution in [0.15, 0.2) is 47.6 Å². The fraction of sp³-hybridized carbons (Fsp3) is 0.235. The summed E-state index contributed by atoms with van der Waals surface area (Å²) in [6.07, 6.45) is 2.41. The molecule has 0 radical (unpaired) electrons. The Labute approximate surface area is 149 Å². The summed E-state index contributed by atoms with van der Waals surface area (Å²) in [4.78, 5) is 20.9. The van der Waals surface area contributed by atoms with Crippen LogP contribution in [0.1, 0.15) is 29.3 Å². The second kappa shape index (κ2) is 6.83. The standard InChI is InChI=1S/C17H17ClN4OS/c1-17(8-9-24-16(19)22-17)12-4-2-11(3-5-12)15(23)21-14-7-6-13(18)10-20-14/h2-7,10H,8-9H2,1H3,(H2,19,22)(H,20,21,23). The van der Waals surface area contributed by atoms with Crippen LogP contribution in [0.4, 0.5) is 5.82 Å². The first-order valence-electron chi connectivity index (χ1n) is 7.48. The Kier molecular flexibility index (Phi) is 4.78. The van der Waals surface area contributed by atoms with Gasteiger partial charge in [-0.05, 0) is 43.2 Å². The molecule has 1 aromatic heterocycles. The van der Waals surface area contributed by atoms with E-state index in [0.29, 0.717) is 21.6 Å². The van der Waals surface area contributed by atoms with E-state index in [1.165, 1.54) is 6.20 Å². The molecule has 0 spiro atoms. The number of carbonyl (C=O) groups is 1. The van der Waals surface area contributed by atoms with Crippen LogP contribution in [0.25, 0.3) is 0 Å². The highest BCUT2D eigenvalue weighted by Gasteiger charge is 2.29. The third kappa shape index (κ3) is 3.71. The Balaban J connectivity index is 1.75. The van der Waals surface area contributed by atoms with Crippen molar-refractivity contribution < 1.29 is 4.79 Å². The van der Waals surface area contributed by atoms with E-state index in [0.717, 1.165) is 17.7 Å². The highest BCUT2D eigenvalue weighted by Crippen LogP contribution is 2.34. The molecule has 1 amide bonds. The lowest BCUT2D eigenvalue weighted by molar-refractivity contribution is 0.102. The number of halogens is 1. The van der Waals surface area contributed by atoms with E-state index in [9.17, 15) is 4.79 Å². The van der Waals surface area contributed by atoms with Gasteiger partial charge in [0.1, 0.15) is 5.82 Å². The zero-order chi connectivity index (χ0) is 17.2. The summed E-state index contributed by atoms with van der Waals surface area (Å²) in [6.45, 7) is 2.06. The number of thioether (sulfide) groups is 1. The molecule has 24 heavy (non-hydrogen) atoms. The maximum absolute atomic E-state index is 12.3. The largest absolute Gasteiger partial charge is 0.379 e. The Bertz CT molecular complexity index is 776. The number of rotatable bonds is 3. The van der Waals surface area contributed by atoms with Crippen molar-refractivity contribution in [2.45, 2.75) is 18.9 Å². The summed E-state index contributed by atoms with van der Waals surface area (Å²) < 4.78 is 0. The summed E-state index contributed by atoms with van der Waals surface area (Å²) in [5, 5.41) is 3.88. The Morgan fingerprint density at radius 2 is 2.04 bits per heavy atom. The number of nitrogens with two attached hydrogens (primary N) is 1. The van der Waals surface area contributed by atoms with Crippen molar-refractivity contribution in [3.8, 4) is 0 Å². The van der Waals surface area contributed by atoms with Gasteiger partial charge in [-0.3, -0.25) is 9.79 Å². The van der Waals surface area contributed by atoms with E-state index in [1.54, 1.807) is 36.0 Å². The second-order valence-electron chi connectivity index (χ2n) is 5.72. The molecule has 7 heteroatoms. The number of amides is 1. The number of anilines is 1. The molecule has 5 nitrogen and oxygen atoms in total. The zero-order valence-corrected chi connectivity index (χ0v) is 14.7. The van der Waals surface area contributed by atoms with E-state index in [4.69, 9.17) is 17.3 Å². The first-order chi connectivity index (χ1) is 11.5. The van der Waals surface area contributed by atoms with Crippen molar-refractivity contribution in [2.75, 3.05) is 11.1 Å². The van der Waals surface area contributed by atoms with Gasteiger partial charge in [-0.1, -0.05) is 35.5 Å². The Morgan fingerprint density at radius 3 is 2.67 bits per heavy atom. The SMILES string of the molecule is CC1(c2ccc(C(=O)Nc3ccc(Cl)cn3)cc2)CCSC(N)=N1. The van der Waals surface area contributed by atoms with E-state index in [2.05, 4.69) is 22.2 Å². The topological polar surface area (TPSA) is 80.4 Å². The van der Waals surface area contributed by atoms with Gasteiger partial charge in [0.05, 0.1) is 10.6 Å². The highest BCUT2D eigenvalue weighted by atomic mass is 35.5. The van der Waals surface area contributed by atoms with Crippen molar-refractivity contribution in [1.82, 2.24) is 4.98 Å². The Morgan fingerprint density at radius 1 is 1.29 bits per heavy atom. The lowest BCUT2D eigenvalue weighted by Gasteiger charge is -2.29. The first kappa shape index (κ1) is 16.8. The summed E-state index contributed by atoms with van der Waals surface area (Å²) in [6, 6.07) is 10.8. The van der Waals surface area contributed by atoms with Gasteiger partial charge in [0.15, 0.2) is 5.17 Å². The van der Waals surface area contributed by atoms with E-state index in [1.807, 2.05) is 12.1 Å². The third-order valence-electron chi connectivity index (χ3n) is 3.93. The number of benzene rings is 1. The monoisotopic (exact) mass is 360 g/mol. The van der Waals surface area contributed by atoms with Gasteiger partial charge >= 0.3 is 0 Å². The first-order valence-corrected chi connectivity index (χ1v) is 8.84. The molecule has 1 aromatic carbocycles. The van der Waals surface area contributed by atoms with Crippen molar-refractivity contribution in [1.29, 1.82) is 0 Å². The number of hydrogen-bond donors (Lipinski definition) is 2. The lowest BCUT2D eigenvalue weighted by Crippen LogP contribution is -2.28. The van der Waals surface area contributed by atoms with Crippen molar-refractivity contribution in [3.05, 3.63) is 58.7 Å². The Hall–Kier alpha value is -2.05. The predicted molar refractivity (Wildman–Crippen MR) is 99.7 cm³/mol. The zero-order valence-electron chi connectivity index (χ0n) is 13.1. The van der Waals surface area contributed by atoms with Crippen LogP contribution in [-0.2, 0) is 5.54 Å². The molecule has 2 heterocycles. The van der Waals surface area contributed by atoms with Crippen LogP contribution in [0.2, 0.25) is 5.02 Å². The average molecular weight is 361 g/mol. The second-order valence-corrected chi connectivity index (χ2v) is 7.27. The summed E-state index contributed by atoms with van der Waals surface area (Å²) in [5.41, 5.74) is 7.13. The lowest BCUT2D eigenvalue weighted by atomic mass is 9.89. The molecule has 0 bridgehead atoms. The fourth-order valence-corrected chi connectivity index (χ4v) is 3.60. The predicted octanol–water partition coefficient (Wildman–Crippen LogP) is 3.65. The van der Waals surface area contributed by atoms with Gasteiger partial charge in [0, 0.05) is 17.5 Å². The van der Waals surface area contributed by atoms with E-state index < -0.39 is 0 Å². The van der Waals surface area contributed by atoms with Crippen LogP contribution in [0, 0.1) is 0 Å². The summed E-state index contributed by atoms with van der Waals surface area (Å²) >= 11 is 7.36. The minimum atomic E-state index is -0.331. The van der Waals surface area contributed by atoms with Crippen molar-refractivity contribution in [3.63, 3.8) is 0 Å². The molecule has 1 aliphatic rings. The molecule has 1 unspecified atom stereocenters. The smallest absolute Gasteiger partial charge is 0.256 e. The number of aliphatic imine (C=N–C) groups is 1. The molecule has 124 valence electrons. The number of aromatic nitrogens is 1. The van der Waals surface area contributed by atoms with E-state index >= 15 is 0 Å². The van der Waals surface area contributed by atoms with Gasteiger partial charge < -0.3 is 11.1 Å². The molecule has 3 rings (SSSR count). The highest BCUT2D eigenvalue weighted by molar-refractivity contribution is 8.13. The number of nitrogens with one attached hydrogen (secondary N) is 1. The van der Waals surface area contributed by atoms with Gasteiger partial charge in [0.25, 0.3) is 5.91 Å². The maximum Gasteiger partial charge on any atom is 0.256 e. The van der Waals surface area contributed by atoms with Gasteiger partial charge in [-0.25, -0.2) is 4.98 Å². The average Bonchev–Trinajstić information content (AvgIpc) is 2.57. The number of nitrogens with zero attached hydrogens (tertiary/aromatic N) is 2. The minimum Gasteiger partial charge on any atom is -0.379 e. The molecule has 1 atom stereocenters. The maximum atomic E-state index is 12.3. The van der Waals surface area contributed by atoms with Crippen molar-refractivity contribution in [2.24, 2.45) is 10.7 Å². The molecule has 0 fully saturated rings. The van der Waals surface area contributed by atoms with Crippen molar-refractivity contribution >= 4 is 40.3 Å². The molecular weight excluding hydrogens is 344 g/mol. The van der Waals surface area contributed by atoms with Crippen LogP contribution < -0.4 is 11.1 Å². The molecule has 2 aromatic rings. The molecular formula is C17H17ClN4OS. The van der Waals surface area contributed by atoms with Crippen LogP contribution in [0.5, 0.6) is 0 Å². The van der Waals surface area contributed by atoms with Crippen LogP contribution in [-0.4, -0.2) is 21.8 Å². The van der Waals surface area contributed by atoms with Crippen LogP contribution >= 0.6 is 23.4 Å². The number of carbonyl (C=O) groups excluding carboxylic acids is 1. The number of pyridine rings is 1. The molecule has 3 N–H and O–H groups in total. The summed E-state index contributed by atoms with van der Waals surface area (Å²) in [5.74, 6) is 1.18. The fourth-order valence-electron chi connectivity index (χ4n) is 2.51. The quantitative estimate of drug-likeness (QED) is 0.875. The molecule has 0 saturated carbocycles. The van der Waals surface area contributed by atoms with Crippen LogP contribution in [0.3, 0.4) is 0 Å². The minimum absolute atomic E-state index is 0.219. The van der Waals surface area contributed by atoms with Gasteiger partial charge in [-0.2, -0.15) is 0 Å². The third-order valence-corrected chi connectivity index (χ3v) is 4.95. The molecule has 0 saturated heterocycles. The number of amidine groups is 1. The van der Waals surface area contributed by atoms with E-state index in [-0.39, 0.29) is 11.4 Å². The molecule has 1 aliphatic heterocycles. The number of hydrogen-bond acceptors (Lipinski definition) is 5.